The van der Waals surface area contributed by atoms with Crippen LogP contribution in [0.5, 0.6) is 5.75 Å². The fourth-order valence-electron chi connectivity index (χ4n) is 2.51. The monoisotopic (exact) mass is 393 g/mol. The minimum atomic E-state index is -4.24. The van der Waals surface area contributed by atoms with Crippen molar-refractivity contribution >= 4 is 27.6 Å². The number of carboxylic acids is 1. The molecule has 10 heteroatoms. The third-order valence-electron chi connectivity index (χ3n) is 3.83. The molecule has 0 bridgehead atoms. The highest BCUT2D eigenvalue weighted by Gasteiger charge is 2.24. The molecule has 2 N–H and O–H groups in total. The summed E-state index contributed by atoms with van der Waals surface area (Å²) in [4.78, 5) is 22.5. The lowest BCUT2D eigenvalue weighted by Gasteiger charge is -2.21. The van der Waals surface area contributed by atoms with E-state index in [4.69, 9.17) is 4.74 Å². The van der Waals surface area contributed by atoms with E-state index >= 15 is 0 Å². The van der Waals surface area contributed by atoms with Crippen molar-refractivity contribution < 1.29 is 32.2 Å². The summed E-state index contributed by atoms with van der Waals surface area (Å²) < 4.78 is 45.2. The van der Waals surface area contributed by atoms with Crippen molar-refractivity contribution in [2.75, 3.05) is 11.9 Å². The number of fused-ring (bicyclic) bond motifs is 1. The van der Waals surface area contributed by atoms with Crippen molar-refractivity contribution in [1.29, 1.82) is 0 Å². The smallest absolute Gasteiger partial charge is 0.262 e. The molecule has 2 aromatic carbocycles. The normalized spacial score (nSPS) is 14.6. The molecular weight excluding hydrogens is 379 g/mol. The summed E-state index contributed by atoms with van der Waals surface area (Å²) in [5, 5.41) is 13.8. The fraction of sp³-hybridized carbons (Fsp3) is 0.176. The van der Waals surface area contributed by atoms with Crippen LogP contribution in [0.3, 0.4) is 0 Å². The quantitative estimate of drug-likeness (QED) is 0.700. The highest BCUT2D eigenvalue weighted by molar-refractivity contribution is 7.89. The Morgan fingerprint density at radius 2 is 1.96 bits per heavy atom. The van der Waals surface area contributed by atoms with Gasteiger partial charge < -0.3 is 20.0 Å². The second kappa shape index (κ2) is 7.33. The fourth-order valence-corrected chi connectivity index (χ4v) is 3.72. The van der Waals surface area contributed by atoms with Gasteiger partial charge >= 0.3 is 0 Å². The van der Waals surface area contributed by atoms with Crippen molar-refractivity contribution in [2.45, 2.75) is 17.4 Å². The lowest BCUT2D eigenvalue weighted by molar-refractivity contribution is -0.307. The van der Waals surface area contributed by atoms with Crippen molar-refractivity contribution in [3.05, 3.63) is 53.8 Å². The maximum atomic E-state index is 13.0. The molecule has 0 fully saturated rings. The number of benzene rings is 2. The number of carbonyl (C=O) groups excluding carboxylic acids is 2. The molecule has 142 valence electrons. The Morgan fingerprint density at radius 3 is 2.63 bits per heavy atom. The summed E-state index contributed by atoms with van der Waals surface area (Å²) in [6.07, 6.45) is -0.230. The van der Waals surface area contributed by atoms with Crippen LogP contribution in [0, 0.1) is 5.82 Å². The van der Waals surface area contributed by atoms with Crippen molar-refractivity contribution in [3.8, 4) is 5.75 Å². The predicted octanol–water partition coefficient (Wildman–Crippen LogP) is -0.204. The van der Waals surface area contributed by atoms with Crippen LogP contribution in [0.15, 0.2) is 47.4 Å². The Kier molecular flexibility index (Phi) is 5.10. The van der Waals surface area contributed by atoms with E-state index in [-0.39, 0.29) is 23.6 Å². The first kappa shape index (κ1) is 18.8. The summed E-state index contributed by atoms with van der Waals surface area (Å²) in [5.41, 5.74) is 0.581. The molecular formula is C17H14FN2O6S-. The van der Waals surface area contributed by atoms with Gasteiger partial charge in [0.2, 0.25) is 10.0 Å². The van der Waals surface area contributed by atoms with Gasteiger partial charge in [0.1, 0.15) is 11.6 Å². The zero-order chi connectivity index (χ0) is 19.6. The Balaban J connectivity index is 1.82. The number of halogens is 1. The maximum Gasteiger partial charge on any atom is 0.262 e. The van der Waals surface area contributed by atoms with Gasteiger partial charge in [-0.25, -0.2) is 17.5 Å². The Morgan fingerprint density at radius 1 is 1.26 bits per heavy atom. The number of ether oxygens (including phenoxy) is 1. The largest absolute Gasteiger partial charge is 0.548 e. The molecule has 0 unspecified atom stereocenters. The van der Waals surface area contributed by atoms with E-state index in [2.05, 4.69) is 10.0 Å². The van der Waals surface area contributed by atoms with Gasteiger partial charge in [-0.3, -0.25) is 4.79 Å². The number of sulfonamides is 1. The summed E-state index contributed by atoms with van der Waals surface area (Å²) in [6, 6.07) is 7.17. The molecule has 0 saturated heterocycles. The zero-order valence-corrected chi connectivity index (χ0v) is 14.6. The minimum Gasteiger partial charge on any atom is -0.548 e. The number of anilines is 1. The molecule has 8 nitrogen and oxygen atoms in total. The lowest BCUT2D eigenvalue weighted by atomic mass is 10.1. The molecule has 0 radical (unpaired) electrons. The van der Waals surface area contributed by atoms with Gasteiger partial charge in [0, 0.05) is 0 Å². The van der Waals surface area contributed by atoms with Crippen molar-refractivity contribution in [1.82, 2.24) is 4.72 Å². The highest BCUT2D eigenvalue weighted by atomic mass is 32.2. The number of carboxylic acid groups (broad SMARTS) is 1. The number of rotatable bonds is 6. The molecule has 0 aliphatic carbocycles. The molecule has 1 amide bonds. The van der Waals surface area contributed by atoms with Crippen LogP contribution in [0.2, 0.25) is 0 Å². The molecule has 1 aliphatic heterocycles. The summed E-state index contributed by atoms with van der Waals surface area (Å²) in [7, 11) is -4.24. The summed E-state index contributed by atoms with van der Waals surface area (Å²) in [6.45, 7) is -0.179. The van der Waals surface area contributed by atoms with E-state index in [0.717, 1.165) is 12.1 Å². The summed E-state index contributed by atoms with van der Waals surface area (Å²) in [5.74, 6) is -2.26. The minimum absolute atomic E-state index is 0.164. The number of hydrogen-bond donors (Lipinski definition) is 2. The second-order valence-corrected chi connectivity index (χ2v) is 7.53. The average molecular weight is 393 g/mol. The van der Waals surface area contributed by atoms with Gasteiger partial charge in [-0.15, -0.1) is 0 Å². The van der Waals surface area contributed by atoms with Crippen LogP contribution in [-0.2, 0) is 26.0 Å². The average Bonchev–Trinajstić information content (AvgIpc) is 2.62. The van der Waals surface area contributed by atoms with Gasteiger partial charge in [0.15, 0.2) is 6.61 Å². The molecule has 0 spiro atoms. The first-order chi connectivity index (χ1) is 12.7. The Bertz CT molecular complexity index is 991. The van der Waals surface area contributed by atoms with E-state index < -0.39 is 33.8 Å². The predicted molar refractivity (Wildman–Crippen MR) is 89.8 cm³/mol. The molecule has 3 rings (SSSR count). The standard InChI is InChI=1S/C17H15FN2O6S/c18-11-3-1-10(2-4-11)7-14(17(22)23)20-27(24,25)12-5-6-15-13(8-12)19-16(21)9-26-15/h1-6,8,14,20H,7,9H2,(H,19,21)(H,22,23)/p-1/t14-/m1/s1. The second-order valence-electron chi connectivity index (χ2n) is 5.82. The molecule has 1 atom stereocenters. The Labute approximate surface area is 154 Å². The third kappa shape index (κ3) is 4.41. The number of amides is 1. The first-order valence-corrected chi connectivity index (χ1v) is 9.27. The highest BCUT2D eigenvalue weighted by Crippen LogP contribution is 2.30. The van der Waals surface area contributed by atoms with Crippen LogP contribution < -0.4 is 19.9 Å². The van der Waals surface area contributed by atoms with E-state index in [1.807, 2.05) is 0 Å². The topological polar surface area (TPSA) is 125 Å². The molecule has 0 saturated carbocycles. The molecule has 2 aromatic rings. The molecule has 1 heterocycles. The number of carbonyl (C=O) groups is 2. The van der Waals surface area contributed by atoms with Crippen LogP contribution in [0.4, 0.5) is 10.1 Å². The number of hydrogen-bond acceptors (Lipinski definition) is 6. The lowest BCUT2D eigenvalue weighted by Crippen LogP contribution is -2.49. The zero-order valence-electron chi connectivity index (χ0n) is 13.8. The van der Waals surface area contributed by atoms with Crippen LogP contribution in [-0.4, -0.2) is 32.9 Å². The van der Waals surface area contributed by atoms with E-state index in [1.165, 1.54) is 30.3 Å². The van der Waals surface area contributed by atoms with Crippen molar-refractivity contribution in [2.24, 2.45) is 0 Å². The van der Waals surface area contributed by atoms with Crippen LogP contribution in [0.25, 0.3) is 0 Å². The Hall–Kier alpha value is -2.98. The van der Waals surface area contributed by atoms with E-state index in [0.29, 0.717) is 11.3 Å². The van der Waals surface area contributed by atoms with E-state index in [1.54, 1.807) is 0 Å². The van der Waals surface area contributed by atoms with Crippen molar-refractivity contribution in [3.63, 3.8) is 0 Å². The first-order valence-electron chi connectivity index (χ1n) is 7.79. The molecule has 1 aliphatic rings. The number of nitrogens with one attached hydrogen (secondary N) is 2. The van der Waals surface area contributed by atoms with E-state index in [9.17, 15) is 27.5 Å². The van der Waals surface area contributed by atoms with Gasteiger partial charge in [-0.05, 0) is 42.3 Å². The van der Waals surface area contributed by atoms with Gasteiger partial charge in [0.25, 0.3) is 5.91 Å². The molecule has 0 aromatic heterocycles. The van der Waals surface area contributed by atoms with Gasteiger partial charge in [-0.1, -0.05) is 12.1 Å². The maximum absolute atomic E-state index is 13.0. The third-order valence-corrected chi connectivity index (χ3v) is 5.30. The van der Waals surface area contributed by atoms with Crippen LogP contribution in [0.1, 0.15) is 5.56 Å². The SMILES string of the molecule is O=C1COc2ccc(S(=O)(=O)N[C@H](Cc3ccc(F)cc3)C(=O)[O-])cc2N1. The van der Waals surface area contributed by atoms with Gasteiger partial charge in [0.05, 0.1) is 22.6 Å². The van der Waals surface area contributed by atoms with Gasteiger partial charge in [-0.2, -0.15) is 0 Å². The number of aliphatic carboxylic acids is 1. The summed E-state index contributed by atoms with van der Waals surface area (Å²) >= 11 is 0. The molecule has 27 heavy (non-hydrogen) atoms. The van der Waals surface area contributed by atoms with Crippen LogP contribution >= 0.6 is 0 Å².